The summed E-state index contributed by atoms with van der Waals surface area (Å²) < 4.78 is 11.3. The fraction of sp³-hybridized carbons (Fsp3) is 0.647. The van der Waals surface area contributed by atoms with Crippen LogP contribution in [0.3, 0.4) is 0 Å². The average molecular weight is 314 g/mol. The summed E-state index contributed by atoms with van der Waals surface area (Å²) in [5.74, 6) is 1.46. The number of benzene rings is 1. The van der Waals surface area contributed by atoms with Crippen molar-refractivity contribution in [1.29, 1.82) is 0 Å². The van der Waals surface area contributed by atoms with Gasteiger partial charge in [0, 0.05) is 17.1 Å². The van der Waals surface area contributed by atoms with E-state index >= 15 is 0 Å². The molecule has 0 radical (unpaired) electrons. The summed E-state index contributed by atoms with van der Waals surface area (Å²) >= 11 is 6.46. The molecule has 120 valence electrons. The fourth-order valence-electron chi connectivity index (χ4n) is 2.33. The predicted octanol–water partition coefficient (Wildman–Crippen LogP) is 4.83. The molecule has 1 rings (SSSR count). The van der Waals surface area contributed by atoms with E-state index in [2.05, 4.69) is 26.1 Å². The Kier molecular flexibility index (Phi) is 6.82. The van der Waals surface area contributed by atoms with Gasteiger partial charge in [0.15, 0.2) is 11.5 Å². The van der Waals surface area contributed by atoms with Crippen LogP contribution in [0.25, 0.3) is 0 Å². The van der Waals surface area contributed by atoms with Crippen molar-refractivity contribution in [3.63, 3.8) is 0 Å². The van der Waals surface area contributed by atoms with Crippen LogP contribution in [0, 0.1) is 5.41 Å². The molecule has 1 atom stereocenters. The van der Waals surface area contributed by atoms with Crippen LogP contribution in [0.1, 0.15) is 52.6 Å². The summed E-state index contributed by atoms with van der Waals surface area (Å²) in [6.45, 7) is 11.8. The normalized spacial score (nSPS) is 13.1. The largest absolute Gasteiger partial charge is 0.490 e. The number of rotatable bonds is 7. The Morgan fingerprint density at radius 2 is 1.62 bits per heavy atom. The molecule has 1 N–H and O–H groups in total. The molecule has 1 aromatic rings. The van der Waals surface area contributed by atoms with Crippen molar-refractivity contribution in [2.75, 3.05) is 20.3 Å². The third-order valence-electron chi connectivity index (χ3n) is 3.20. The lowest BCUT2D eigenvalue weighted by Gasteiger charge is -2.27. The number of hydrogen-bond acceptors (Lipinski definition) is 3. The Morgan fingerprint density at radius 1 is 1.10 bits per heavy atom. The lowest BCUT2D eigenvalue weighted by molar-refractivity contribution is 0.285. The predicted molar refractivity (Wildman–Crippen MR) is 89.7 cm³/mol. The van der Waals surface area contributed by atoms with Crippen LogP contribution in [-0.2, 0) is 0 Å². The Hall–Kier alpha value is -0.930. The third-order valence-corrected chi connectivity index (χ3v) is 3.53. The molecule has 4 heteroatoms. The standard InChI is InChI=1S/C17H28ClNO2/c1-7-20-15-9-12(13(18)10-16(15)21-8-2)14(19-6)11-17(3,4)5/h9-10,14,19H,7-8,11H2,1-6H3. The summed E-state index contributed by atoms with van der Waals surface area (Å²) in [7, 11) is 1.96. The molecule has 0 aliphatic carbocycles. The van der Waals surface area contributed by atoms with Gasteiger partial charge < -0.3 is 14.8 Å². The lowest BCUT2D eigenvalue weighted by Crippen LogP contribution is -2.23. The van der Waals surface area contributed by atoms with Crippen molar-refractivity contribution >= 4 is 11.6 Å². The second kappa shape index (κ2) is 7.90. The molecule has 0 aliphatic rings. The number of halogens is 1. The molecule has 0 aromatic heterocycles. The van der Waals surface area contributed by atoms with Crippen molar-refractivity contribution in [3.05, 3.63) is 22.7 Å². The molecule has 0 spiro atoms. The van der Waals surface area contributed by atoms with Crippen molar-refractivity contribution in [2.45, 2.75) is 47.1 Å². The van der Waals surface area contributed by atoms with Gasteiger partial charge in [-0.15, -0.1) is 0 Å². The fourth-order valence-corrected chi connectivity index (χ4v) is 2.62. The van der Waals surface area contributed by atoms with E-state index in [1.807, 2.05) is 33.0 Å². The molecule has 0 bridgehead atoms. The van der Waals surface area contributed by atoms with Crippen LogP contribution in [0.5, 0.6) is 11.5 Å². The van der Waals surface area contributed by atoms with Crippen molar-refractivity contribution < 1.29 is 9.47 Å². The number of hydrogen-bond donors (Lipinski definition) is 1. The Bertz CT molecular complexity index is 455. The topological polar surface area (TPSA) is 30.5 Å². The Morgan fingerprint density at radius 3 is 2.05 bits per heavy atom. The molecule has 0 aliphatic heterocycles. The summed E-state index contributed by atoms with van der Waals surface area (Å²) in [5.41, 5.74) is 1.27. The molecule has 0 amide bonds. The minimum absolute atomic E-state index is 0.187. The molecular formula is C17H28ClNO2. The van der Waals surface area contributed by atoms with Gasteiger partial charge >= 0.3 is 0 Å². The zero-order chi connectivity index (χ0) is 16.0. The van der Waals surface area contributed by atoms with Gasteiger partial charge in [-0.1, -0.05) is 32.4 Å². The van der Waals surface area contributed by atoms with E-state index in [-0.39, 0.29) is 11.5 Å². The molecule has 0 saturated heterocycles. The second-order valence-corrected chi connectivity index (χ2v) is 6.70. The van der Waals surface area contributed by atoms with Gasteiger partial charge in [0.2, 0.25) is 0 Å². The average Bonchev–Trinajstić information content (AvgIpc) is 2.38. The van der Waals surface area contributed by atoms with E-state index in [0.717, 1.165) is 17.7 Å². The van der Waals surface area contributed by atoms with Gasteiger partial charge in [0.1, 0.15) is 0 Å². The zero-order valence-corrected chi connectivity index (χ0v) is 14.8. The molecule has 0 heterocycles. The quantitative estimate of drug-likeness (QED) is 0.781. The molecule has 0 saturated carbocycles. The Balaban J connectivity index is 3.18. The van der Waals surface area contributed by atoms with Crippen LogP contribution in [0.4, 0.5) is 0 Å². The first-order chi connectivity index (χ1) is 9.82. The summed E-state index contributed by atoms with van der Waals surface area (Å²) in [4.78, 5) is 0. The Labute approximate surface area is 134 Å². The summed E-state index contributed by atoms with van der Waals surface area (Å²) in [6, 6.07) is 4.05. The zero-order valence-electron chi connectivity index (χ0n) is 14.0. The van der Waals surface area contributed by atoms with E-state index in [1.54, 1.807) is 0 Å². The highest BCUT2D eigenvalue weighted by molar-refractivity contribution is 6.31. The monoisotopic (exact) mass is 313 g/mol. The first kappa shape index (κ1) is 18.1. The van der Waals surface area contributed by atoms with Gasteiger partial charge in [-0.25, -0.2) is 0 Å². The van der Waals surface area contributed by atoms with E-state index in [9.17, 15) is 0 Å². The van der Waals surface area contributed by atoms with E-state index in [4.69, 9.17) is 21.1 Å². The molecule has 1 unspecified atom stereocenters. The maximum absolute atomic E-state index is 6.46. The van der Waals surface area contributed by atoms with Crippen molar-refractivity contribution in [2.24, 2.45) is 5.41 Å². The molecular weight excluding hydrogens is 286 g/mol. The smallest absolute Gasteiger partial charge is 0.162 e. The molecule has 1 aromatic carbocycles. The van der Waals surface area contributed by atoms with Gasteiger partial charge in [-0.05, 0) is 44.4 Å². The van der Waals surface area contributed by atoms with Crippen LogP contribution >= 0.6 is 11.6 Å². The minimum Gasteiger partial charge on any atom is -0.490 e. The van der Waals surface area contributed by atoms with Gasteiger partial charge in [0.05, 0.1) is 13.2 Å². The number of nitrogens with one attached hydrogen (secondary N) is 1. The van der Waals surface area contributed by atoms with E-state index < -0.39 is 0 Å². The number of ether oxygens (including phenoxy) is 2. The summed E-state index contributed by atoms with van der Waals surface area (Å²) in [5, 5.41) is 4.07. The van der Waals surface area contributed by atoms with Gasteiger partial charge in [-0.3, -0.25) is 0 Å². The highest BCUT2D eigenvalue weighted by Crippen LogP contribution is 2.39. The first-order valence-corrected chi connectivity index (χ1v) is 7.96. The molecule has 3 nitrogen and oxygen atoms in total. The molecule has 0 fully saturated rings. The lowest BCUT2D eigenvalue weighted by atomic mass is 9.85. The van der Waals surface area contributed by atoms with E-state index in [1.165, 1.54) is 0 Å². The highest BCUT2D eigenvalue weighted by Gasteiger charge is 2.22. The second-order valence-electron chi connectivity index (χ2n) is 6.29. The summed E-state index contributed by atoms with van der Waals surface area (Å²) in [6.07, 6.45) is 0.989. The SMILES string of the molecule is CCOc1cc(Cl)c(C(CC(C)(C)C)NC)cc1OCC. The van der Waals surface area contributed by atoms with Crippen molar-refractivity contribution in [3.8, 4) is 11.5 Å². The van der Waals surface area contributed by atoms with Crippen molar-refractivity contribution in [1.82, 2.24) is 5.32 Å². The van der Waals surface area contributed by atoms with Crippen LogP contribution < -0.4 is 14.8 Å². The van der Waals surface area contributed by atoms with Gasteiger partial charge in [-0.2, -0.15) is 0 Å². The van der Waals surface area contributed by atoms with Crippen LogP contribution in [0.2, 0.25) is 5.02 Å². The molecule has 21 heavy (non-hydrogen) atoms. The van der Waals surface area contributed by atoms with Crippen LogP contribution in [0.15, 0.2) is 12.1 Å². The van der Waals surface area contributed by atoms with Crippen LogP contribution in [-0.4, -0.2) is 20.3 Å². The van der Waals surface area contributed by atoms with E-state index in [0.29, 0.717) is 24.0 Å². The minimum atomic E-state index is 0.187. The van der Waals surface area contributed by atoms with Gasteiger partial charge in [0.25, 0.3) is 0 Å². The maximum Gasteiger partial charge on any atom is 0.162 e. The highest BCUT2D eigenvalue weighted by atomic mass is 35.5. The first-order valence-electron chi connectivity index (χ1n) is 7.58. The maximum atomic E-state index is 6.46. The third kappa shape index (κ3) is 5.40.